The molecular formula is C11H13F3N4. The molecule has 0 saturated carbocycles. The van der Waals surface area contributed by atoms with Gasteiger partial charge >= 0.3 is 6.18 Å². The van der Waals surface area contributed by atoms with Gasteiger partial charge in [0.25, 0.3) is 0 Å². The summed E-state index contributed by atoms with van der Waals surface area (Å²) >= 11 is 0. The Morgan fingerprint density at radius 1 is 1.39 bits per heavy atom. The van der Waals surface area contributed by atoms with Crippen LogP contribution < -0.4 is 10.6 Å². The van der Waals surface area contributed by atoms with Crippen molar-refractivity contribution in [2.45, 2.75) is 13.1 Å². The van der Waals surface area contributed by atoms with E-state index in [1.807, 2.05) is 0 Å². The Morgan fingerprint density at radius 3 is 2.72 bits per heavy atom. The van der Waals surface area contributed by atoms with Crippen molar-refractivity contribution in [3.8, 4) is 0 Å². The van der Waals surface area contributed by atoms with Crippen molar-refractivity contribution >= 4 is 22.7 Å². The SMILES string of the molecule is CCN(CC(F)(F)F)c1nc2ccc(N)cc2[nH]1. The maximum atomic E-state index is 12.4. The highest BCUT2D eigenvalue weighted by molar-refractivity contribution is 5.80. The molecule has 0 unspecified atom stereocenters. The molecule has 3 N–H and O–H groups in total. The lowest BCUT2D eigenvalue weighted by atomic mass is 10.3. The number of rotatable bonds is 3. The second-order valence-corrected chi connectivity index (χ2v) is 3.97. The molecule has 2 aromatic rings. The molecule has 7 heteroatoms. The summed E-state index contributed by atoms with van der Waals surface area (Å²) in [6.45, 7) is 0.834. The van der Waals surface area contributed by atoms with Crippen molar-refractivity contribution in [3.05, 3.63) is 18.2 Å². The van der Waals surface area contributed by atoms with Gasteiger partial charge in [0, 0.05) is 12.2 Å². The Labute approximate surface area is 102 Å². The highest BCUT2D eigenvalue weighted by Crippen LogP contribution is 2.23. The number of nitrogens with one attached hydrogen (secondary N) is 1. The predicted molar refractivity (Wildman–Crippen MR) is 64.4 cm³/mol. The molecule has 98 valence electrons. The molecule has 0 saturated heterocycles. The summed E-state index contributed by atoms with van der Waals surface area (Å²) in [5, 5.41) is 0. The molecule has 0 bridgehead atoms. The number of H-pyrrole nitrogens is 1. The van der Waals surface area contributed by atoms with Gasteiger partial charge in [-0.3, -0.25) is 0 Å². The van der Waals surface area contributed by atoms with E-state index in [1.54, 1.807) is 25.1 Å². The molecule has 0 amide bonds. The quantitative estimate of drug-likeness (QED) is 0.832. The monoisotopic (exact) mass is 258 g/mol. The lowest BCUT2D eigenvalue weighted by Crippen LogP contribution is -2.34. The number of alkyl halides is 3. The summed E-state index contributed by atoms with van der Waals surface area (Å²) in [7, 11) is 0. The summed E-state index contributed by atoms with van der Waals surface area (Å²) in [6, 6.07) is 4.98. The van der Waals surface area contributed by atoms with Gasteiger partial charge in [0.15, 0.2) is 0 Å². The van der Waals surface area contributed by atoms with Crippen molar-refractivity contribution < 1.29 is 13.2 Å². The highest BCUT2D eigenvalue weighted by Gasteiger charge is 2.31. The third kappa shape index (κ3) is 2.66. The molecular weight excluding hydrogens is 245 g/mol. The maximum Gasteiger partial charge on any atom is 0.406 e. The smallest absolute Gasteiger partial charge is 0.399 e. The van der Waals surface area contributed by atoms with Crippen LogP contribution in [0.5, 0.6) is 0 Å². The van der Waals surface area contributed by atoms with Crippen molar-refractivity contribution in [2.24, 2.45) is 0 Å². The number of aromatic nitrogens is 2. The zero-order chi connectivity index (χ0) is 13.3. The van der Waals surface area contributed by atoms with Gasteiger partial charge in [0.2, 0.25) is 5.95 Å². The van der Waals surface area contributed by atoms with Gasteiger partial charge in [-0.1, -0.05) is 0 Å². The molecule has 0 fully saturated rings. The van der Waals surface area contributed by atoms with Crippen LogP contribution in [0.4, 0.5) is 24.8 Å². The fraction of sp³-hybridized carbons (Fsp3) is 0.364. The van der Waals surface area contributed by atoms with Crippen LogP contribution in [0.3, 0.4) is 0 Å². The Hall–Kier alpha value is -1.92. The average molecular weight is 258 g/mol. The standard InChI is InChI=1S/C11H13F3N4/c1-2-18(6-11(12,13)14)10-16-8-4-3-7(15)5-9(8)17-10/h3-5H,2,6,15H2,1H3,(H,16,17). The minimum absolute atomic E-state index is 0.204. The van der Waals surface area contributed by atoms with Crippen molar-refractivity contribution in [2.75, 3.05) is 23.7 Å². The van der Waals surface area contributed by atoms with E-state index in [0.29, 0.717) is 16.7 Å². The van der Waals surface area contributed by atoms with Crippen LogP contribution in [0.2, 0.25) is 0 Å². The predicted octanol–water partition coefficient (Wildman–Crippen LogP) is 2.53. The molecule has 0 aliphatic rings. The summed E-state index contributed by atoms with van der Waals surface area (Å²) in [6.07, 6.45) is -4.26. The maximum absolute atomic E-state index is 12.4. The fourth-order valence-corrected chi connectivity index (χ4v) is 1.72. The van der Waals surface area contributed by atoms with Crippen LogP contribution in [0.25, 0.3) is 11.0 Å². The lowest BCUT2D eigenvalue weighted by Gasteiger charge is -2.21. The Bertz CT molecular complexity index is 547. The second-order valence-electron chi connectivity index (χ2n) is 3.97. The first-order valence-corrected chi connectivity index (χ1v) is 5.46. The number of benzene rings is 1. The summed E-state index contributed by atoms with van der Waals surface area (Å²) in [4.78, 5) is 8.10. The minimum atomic E-state index is -4.26. The molecule has 1 aromatic carbocycles. The van der Waals surface area contributed by atoms with Gasteiger partial charge in [0.1, 0.15) is 6.54 Å². The van der Waals surface area contributed by atoms with Crippen molar-refractivity contribution in [1.29, 1.82) is 0 Å². The number of halogens is 3. The van der Waals surface area contributed by atoms with Crippen LogP contribution in [-0.2, 0) is 0 Å². The Kier molecular flexibility index (Phi) is 3.06. The number of fused-ring (bicyclic) bond motifs is 1. The van der Waals surface area contributed by atoms with Crippen LogP contribution in [0, 0.1) is 0 Å². The van der Waals surface area contributed by atoms with Crippen molar-refractivity contribution in [3.63, 3.8) is 0 Å². The number of hydrogen-bond acceptors (Lipinski definition) is 3. The Morgan fingerprint density at radius 2 is 2.11 bits per heavy atom. The van der Waals surface area contributed by atoms with E-state index in [2.05, 4.69) is 9.97 Å². The second kappa shape index (κ2) is 4.40. The number of nitrogens with zero attached hydrogens (tertiary/aromatic N) is 2. The topological polar surface area (TPSA) is 57.9 Å². The number of imidazole rings is 1. The first-order valence-electron chi connectivity index (χ1n) is 5.46. The van der Waals surface area contributed by atoms with Crippen LogP contribution in [-0.4, -0.2) is 29.2 Å². The molecule has 18 heavy (non-hydrogen) atoms. The molecule has 1 aromatic heterocycles. The lowest BCUT2D eigenvalue weighted by molar-refractivity contribution is -0.119. The van der Waals surface area contributed by atoms with Gasteiger partial charge < -0.3 is 15.6 Å². The number of nitrogen functional groups attached to an aromatic ring is 1. The van der Waals surface area contributed by atoms with E-state index in [4.69, 9.17) is 5.73 Å². The molecule has 4 nitrogen and oxygen atoms in total. The van der Waals surface area contributed by atoms with Crippen molar-refractivity contribution in [1.82, 2.24) is 9.97 Å². The van der Waals surface area contributed by atoms with Gasteiger partial charge in [-0.05, 0) is 25.1 Å². The van der Waals surface area contributed by atoms with Crippen LogP contribution >= 0.6 is 0 Å². The molecule has 0 atom stereocenters. The average Bonchev–Trinajstić information content (AvgIpc) is 2.67. The highest BCUT2D eigenvalue weighted by atomic mass is 19.4. The zero-order valence-electron chi connectivity index (χ0n) is 9.75. The minimum Gasteiger partial charge on any atom is -0.399 e. The molecule has 0 radical (unpaired) electrons. The van der Waals surface area contributed by atoms with E-state index in [9.17, 15) is 13.2 Å². The number of aromatic amines is 1. The van der Waals surface area contributed by atoms with E-state index < -0.39 is 12.7 Å². The van der Waals surface area contributed by atoms with Gasteiger partial charge in [0.05, 0.1) is 11.0 Å². The fourth-order valence-electron chi connectivity index (χ4n) is 1.72. The first-order chi connectivity index (χ1) is 8.39. The summed E-state index contributed by atoms with van der Waals surface area (Å²) in [5.74, 6) is 0.204. The number of hydrogen-bond donors (Lipinski definition) is 2. The third-order valence-electron chi connectivity index (χ3n) is 2.54. The summed E-state index contributed by atoms with van der Waals surface area (Å²) < 4.78 is 37.2. The molecule has 2 rings (SSSR count). The van der Waals surface area contributed by atoms with Crippen LogP contribution in [0.1, 0.15) is 6.92 Å². The largest absolute Gasteiger partial charge is 0.406 e. The van der Waals surface area contributed by atoms with Crippen LogP contribution in [0.15, 0.2) is 18.2 Å². The van der Waals surface area contributed by atoms with E-state index in [-0.39, 0.29) is 12.5 Å². The number of nitrogens with two attached hydrogens (primary N) is 1. The van der Waals surface area contributed by atoms with Gasteiger partial charge in [-0.15, -0.1) is 0 Å². The number of anilines is 2. The molecule has 0 spiro atoms. The van der Waals surface area contributed by atoms with Gasteiger partial charge in [-0.25, -0.2) is 4.98 Å². The van der Waals surface area contributed by atoms with E-state index in [0.717, 1.165) is 4.90 Å². The molecule has 0 aliphatic heterocycles. The molecule has 1 heterocycles. The molecule has 0 aliphatic carbocycles. The normalized spacial score (nSPS) is 12.0. The summed E-state index contributed by atoms with van der Waals surface area (Å²) in [5.41, 5.74) is 7.37. The van der Waals surface area contributed by atoms with E-state index >= 15 is 0 Å². The third-order valence-corrected chi connectivity index (χ3v) is 2.54. The Balaban J connectivity index is 2.34. The zero-order valence-corrected chi connectivity index (χ0v) is 9.75. The van der Waals surface area contributed by atoms with E-state index in [1.165, 1.54) is 0 Å². The van der Waals surface area contributed by atoms with Gasteiger partial charge in [-0.2, -0.15) is 13.2 Å². The first kappa shape index (κ1) is 12.5.